The van der Waals surface area contributed by atoms with Gasteiger partial charge < -0.3 is 5.32 Å². The van der Waals surface area contributed by atoms with E-state index in [2.05, 4.69) is 5.32 Å². The molecule has 5 rings (SSSR count). The molecule has 0 aliphatic carbocycles. The Bertz CT molecular complexity index is 1650. The van der Waals surface area contributed by atoms with Gasteiger partial charge in [0.15, 0.2) is 11.3 Å². The third-order valence-electron chi connectivity index (χ3n) is 7.09. The van der Waals surface area contributed by atoms with Crippen LogP contribution in [0.2, 0.25) is 5.02 Å². The quantitative estimate of drug-likeness (QED) is 0.326. The van der Waals surface area contributed by atoms with Crippen LogP contribution in [0.1, 0.15) is 50.7 Å². The van der Waals surface area contributed by atoms with Crippen LogP contribution < -0.4 is 16.4 Å². The summed E-state index contributed by atoms with van der Waals surface area (Å²) < 4.78 is 32.5. The van der Waals surface area contributed by atoms with E-state index in [1.54, 1.807) is 18.2 Å². The maximum Gasteiger partial charge on any atom is 0.322 e. The lowest BCUT2D eigenvalue weighted by molar-refractivity contribution is 0.0704. The summed E-state index contributed by atoms with van der Waals surface area (Å²) in [6.45, 7) is 7.81. The molecule has 4 aromatic rings. The molecule has 6 nitrogen and oxygen atoms in total. The van der Waals surface area contributed by atoms with Gasteiger partial charge in [-0.25, -0.2) is 13.8 Å². The highest BCUT2D eigenvalue weighted by molar-refractivity contribution is 6.33. The summed E-state index contributed by atoms with van der Waals surface area (Å²) in [5, 5.41) is 2.96. The third kappa shape index (κ3) is 4.35. The van der Waals surface area contributed by atoms with Gasteiger partial charge in [0.25, 0.3) is 0 Å². The van der Waals surface area contributed by atoms with Crippen LogP contribution in [0.3, 0.4) is 0 Å². The average molecular weight is 539 g/mol. The van der Waals surface area contributed by atoms with Crippen LogP contribution in [0.15, 0.2) is 58.1 Å². The molecule has 1 aliphatic rings. The normalized spacial score (nSPS) is 14.9. The Hall–Kier alpha value is -3.36. The van der Waals surface area contributed by atoms with Crippen molar-refractivity contribution in [3.8, 4) is 16.9 Å². The topological polar surface area (TPSA) is 68.9 Å². The van der Waals surface area contributed by atoms with Crippen LogP contribution in [0.25, 0.3) is 28.1 Å². The van der Waals surface area contributed by atoms with Crippen molar-refractivity contribution >= 4 is 22.8 Å². The number of nitrogens with one attached hydrogen (secondary N) is 1. The fourth-order valence-electron chi connectivity index (χ4n) is 5.02. The highest BCUT2D eigenvalue weighted by Gasteiger charge is 2.38. The Morgan fingerprint density at radius 2 is 1.63 bits per heavy atom. The van der Waals surface area contributed by atoms with Crippen molar-refractivity contribution in [1.82, 2.24) is 19.4 Å². The maximum atomic E-state index is 15.3. The van der Waals surface area contributed by atoms with Gasteiger partial charge in [-0.3, -0.25) is 18.7 Å². The van der Waals surface area contributed by atoms with E-state index < -0.39 is 22.6 Å². The van der Waals surface area contributed by atoms with E-state index in [4.69, 9.17) is 16.6 Å². The molecule has 2 aromatic carbocycles. The smallest absolute Gasteiger partial charge is 0.310 e. The van der Waals surface area contributed by atoms with Gasteiger partial charge in [0, 0.05) is 18.7 Å². The molecule has 1 aliphatic heterocycles. The minimum Gasteiger partial charge on any atom is -0.310 e. The molecule has 38 heavy (non-hydrogen) atoms. The number of fused-ring (bicyclic) bond motifs is 1. The summed E-state index contributed by atoms with van der Waals surface area (Å²) in [6.07, 6.45) is 0. The monoisotopic (exact) mass is 538 g/mol. The molecule has 3 heterocycles. The fraction of sp³-hybridized carbons (Fsp3) is 0.345. The van der Waals surface area contributed by atoms with Gasteiger partial charge in [-0.05, 0) is 41.2 Å². The standard InChI is InChI=1S/C29H29ClF2N4O2/c1-16(2)18-9-7-10-19(17(3)4)25(18)36-26-23(35(27(37)28(36)38)15-29(32)13-33-14-29)12-21(30)24(34-26)20-8-5-6-11-22(20)31/h5-12,16-17,33H,13-15H2,1-4H3. The number of benzene rings is 2. The molecule has 0 atom stereocenters. The number of halogens is 3. The van der Waals surface area contributed by atoms with Crippen molar-refractivity contribution in [3.05, 3.63) is 91.2 Å². The molecule has 1 N–H and O–H groups in total. The zero-order valence-electron chi connectivity index (χ0n) is 21.7. The Morgan fingerprint density at radius 1 is 1.00 bits per heavy atom. The van der Waals surface area contributed by atoms with Crippen molar-refractivity contribution in [2.45, 2.75) is 51.7 Å². The molecule has 9 heteroatoms. The van der Waals surface area contributed by atoms with Crippen molar-refractivity contribution in [2.75, 3.05) is 13.1 Å². The Morgan fingerprint density at radius 3 is 2.18 bits per heavy atom. The van der Waals surface area contributed by atoms with Crippen molar-refractivity contribution in [1.29, 1.82) is 0 Å². The van der Waals surface area contributed by atoms with Crippen LogP contribution >= 0.6 is 11.6 Å². The predicted octanol–water partition coefficient (Wildman–Crippen LogP) is 5.57. The third-order valence-corrected chi connectivity index (χ3v) is 7.38. The van der Waals surface area contributed by atoms with Crippen LogP contribution in [0.5, 0.6) is 0 Å². The number of hydrogen-bond acceptors (Lipinski definition) is 4. The molecule has 2 aromatic heterocycles. The molecule has 1 fully saturated rings. The number of hydrogen-bond donors (Lipinski definition) is 1. The van der Waals surface area contributed by atoms with Crippen LogP contribution in [0.4, 0.5) is 8.78 Å². The fourth-order valence-corrected chi connectivity index (χ4v) is 5.26. The molecule has 1 saturated heterocycles. The van der Waals surface area contributed by atoms with E-state index in [-0.39, 0.29) is 58.9 Å². The van der Waals surface area contributed by atoms with Gasteiger partial charge in [0.2, 0.25) is 0 Å². The molecule has 0 spiro atoms. The van der Waals surface area contributed by atoms with Crippen molar-refractivity contribution in [3.63, 3.8) is 0 Å². The molecule has 0 amide bonds. The highest BCUT2D eigenvalue weighted by Crippen LogP contribution is 2.35. The van der Waals surface area contributed by atoms with E-state index in [0.717, 1.165) is 15.7 Å². The first-order valence-corrected chi connectivity index (χ1v) is 13.0. The highest BCUT2D eigenvalue weighted by atomic mass is 35.5. The zero-order valence-corrected chi connectivity index (χ0v) is 22.4. The molecular weight excluding hydrogens is 510 g/mol. The van der Waals surface area contributed by atoms with Gasteiger partial charge in [0.05, 0.1) is 28.5 Å². The number of para-hydroxylation sites is 1. The lowest BCUT2D eigenvalue weighted by Crippen LogP contribution is -2.60. The summed E-state index contributed by atoms with van der Waals surface area (Å²) in [5.74, 6) is -0.500. The minimum absolute atomic E-state index is 0.0154. The largest absolute Gasteiger partial charge is 0.322 e. The summed E-state index contributed by atoms with van der Waals surface area (Å²) in [5.41, 5.74) is -0.538. The number of nitrogens with zero attached hydrogens (tertiary/aromatic N) is 3. The second kappa shape index (κ2) is 9.75. The second-order valence-electron chi connectivity index (χ2n) is 10.5. The van der Waals surface area contributed by atoms with E-state index in [1.165, 1.54) is 16.7 Å². The second-order valence-corrected chi connectivity index (χ2v) is 10.9. The lowest BCUT2D eigenvalue weighted by atomic mass is 9.92. The first-order chi connectivity index (χ1) is 18.0. The minimum atomic E-state index is -1.69. The summed E-state index contributed by atoms with van der Waals surface area (Å²) in [4.78, 5) is 32.2. The van der Waals surface area contributed by atoms with Gasteiger partial charge in [-0.2, -0.15) is 0 Å². The van der Waals surface area contributed by atoms with Crippen LogP contribution in [0, 0.1) is 5.82 Å². The SMILES string of the molecule is CC(C)c1cccc(C(C)C)c1-n1c(=O)c(=O)n(CC2(F)CNC2)c2cc(Cl)c(-c3ccccc3F)nc21. The lowest BCUT2D eigenvalue weighted by Gasteiger charge is -2.35. The summed E-state index contributed by atoms with van der Waals surface area (Å²) in [7, 11) is 0. The number of pyridine rings is 1. The van der Waals surface area contributed by atoms with Crippen LogP contribution in [-0.2, 0) is 6.54 Å². The number of rotatable bonds is 6. The van der Waals surface area contributed by atoms with Crippen molar-refractivity contribution < 1.29 is 8.78 Å². The van der Waals surface area contributed by atoms with E-state index in [0.29, 0.717) is 5.69 Å². The Kier molecular flexibility index (Phi) is 6.73. The van der Waals surface area contributed by atoms with Gasteiger partial charge in [-0.15, -0.1) is 0 Å². The summed E-state index contributed by atoms with van der Waals surface area (Å²) >= 11 is 6.62. The van der Waals surface area contributed by atoms with Gasteiger partial charge in [0.1, 0.15) is 5.82 Å². The number of aromatic nitrogens is 3. The maximum absolute atomic E-state index is 15.3. The van der Waals surface area contributed by atoms with E-state index >= 15 is 4.39 Å². The van der Waals surface area contributed by atoms with Gasteiger partial charge >= 0.3 is 11.1 Å². The molecule has 0 bridgehead atoms. The van der Waals surface area contributed by atoms with Gasteiger partial charge in [-0.1, -0.05) is 69.6 Å². The molecular formula is C29H29ClF2N4O2. The number of alkyl halides is 1. The average Bonchev–Trinajstić information content (AvgIpc) is 2.86. The first kappa shape index (κ1) is 26.3. The molecule has 0 radical (unpaired) electrons. The van der Waals surface area contributed by atoms with E-state index in [9.17, 15) is 14.0 Å². The van der Waals surface area contributed by atoms with E-state index in [1.807, 2.05) is 45.9 Å². The summed E-state index contributed by atoms with van der Waals surface area (Å²) in [6, 6.07) is 13.3. The Labute approximate surface area is 223 Å². The Balaban J connectivity index is 1.95. The molecule has 0 unspecified atom stereocenters. The zero-order chi connectivity index (χ0) is 27.4. The van der Waals surface area contributed by atoms with Crippen LogP contribution in [-0.4, -0.2) is 32.9 Å². The molecule has 0 saturated carbocycles. The predicted molar refractivity (Wildman–Crippen MR) is 147 cm³/mol. The first-order valence-electron chi connectivity index (χ1n) is 12.7. The van der Waals surface area contributed by atoms with Crippen molar-refractivity contribution in [2.24, 2.45) is 0 Å². The molecule has 198 valence electrons.